The molecule has 2 heterocycles. The number of likely N-dealkylation sites (tertiary alicyclic amines) is 1. The van der Waals surface area contributed by atoms with E-state index < -0.39 is 0 Å². The van der Waals surface area contributed by atoms with Crippen LogP contribution in [0.5, 0.6) is 5.75 Å². The van der Waals surface area contributed by atoms with Crippen LogP contribution in [0.25, 0.3) is 11.0 Å². The van der Waals surface area contributed by atoms with Gasteiger partial charge in [-0.25, -0.2) is 4.98 Å². The first kappa shape index (κ1) is 16.6. The van der Waals surface area contributed by atoms with E-state index in [1.54, 1.807) is 14.0 Å². The maximum Gasteiger partial charge on any atom is 0.220 e. The molecule has 134 valence electrons. The summed E-state index contributed by atoms with van der Waals surface area (Å²) in [7, 11) is 1.69. The first-order chi connectivity index (χ1) is 12.7. The van der Waals surface area contributed by atoms with E-state index in [1.807, 2.05) is 41.3 Å². The number of fused-ring (bicyclic) bond motifs is 1. The largest absolute Gasteiger partial charge is 0.496 e. The third kappa shape index (κ3) is 2.83. The lowest BCUT2D eigenvalue weighted by Gasteiger charge is -2.24. The van der Waals surface area contributed by atoms with Crippen molar-refractivity contribution < 1.29 is 9.53 Å². The van der Waals surface area contributed by atoms with Crippen molar-refractivity contribution >= 4 is 16.9 Å². The van der Waals surface area contributed by atoms with Crippen molar-refractivity contribution in [2.75, 3.05) is 13.7 Å². The van der Waals surface area contributed by atoms with E-state index in [9.17, 15) is 4.79 Å². The Hall–Kier alpha value is -2.82. The van der Waals surface area contributed by atoms with E-state index in [0.29, 0.717) is 6.54 Å². The highest BCUT2D eigenvalue weighted by molar-refractivity contribution is 5.77. The minimum Gasteiger partial charge on any atom is -0.496 e. The predicted octanol–water partition coefficient (Wildman–Crippen LogP) is 3.78. The van der Waals surface area contributed by atoms with Crippen LogP contribution in [-0.2, 0) is 11.3 Å². The van der Waals surface area contributed by atoms with E-state index in [-0.39, 0.29) is 11.9 Å². The number of methoxy groups -OCH3 is 1. The molecule has 0 unspecified atom stereocenters. The molecule has 1 fully saturated rings. The topological polar surface area (TPSA) is 47.4 Å². The van der Waals surface area contributed by atoms with Crippen molar-refractivity contribution in [3.05, 3.63) is 59.9 Å². The number of carbonyl (C=O) groups excluding carboxylic acids is 1. The molecule has 0 spiro atoms. The smallest absolute Gasteiger partial charge is 0.220 e. The number of ether oxygens (including phenoxy) is 1. The molecule has 1 aliphatic heterocycles. The summed E-state index contributed by atoms with van der Waals surface area (Å²) in [5.41, 5.74) is 3.16. The molecule has 4 rings (SSSR count). The molecule has 2 aromatic carbocycles. The van der Waals surface area contributed by atoms with Crippen LogP contribution in [0.1, 0.15) is 37.2 Å². The molecule has 1 atom stereocenters. The van der Waals surface area contributed by atoms with Gasteiger partial charge < -0.3 is 14.2 Å². The van der Waals surface area contributed by atoms with Crippen LogP contribution in [0, 0.1) is 0 Å². The number of carbonyl (C=O) groups is 1. The summed E-state index contributed by atoms with van der Waals surface area (Å²) in [6.07, 6.45) is 1.97. The van der Waals surface area contributed by atoms with Crippen LogP contribution >= 0.6 is 0 Å². The minimum atomic E-state index is 0.0367. The monoisotopic (exact) mass is 349 g/mol. The van der Waals surface area contributed by atoms with Gasteiger partial charge in [-0.15, -0.1) is 0 Å². The average molecular weight is 349 g/mol. The lowest BCUT2D eigenvalue weighted by Crippen LogP contribution is -2.30. The normalized spacial score (nSPS) is 17.0. The van der Waals surface area contributed by atoms with Gasteiger partial charge in [-0.1, -0.05) is 30.3 Å². The standard InChI is InChI=1S/C21H23N3O2/c1-15(25)23-13-7-11-19(23)21-22-17-9-4-5-10-18(17)24(21)14-16-8-3-6-12-20(16)26-2/h3-6,8-10,12,19H,7,11,13-14H2,1-2H3/t19-/m0/s1. The summed E-state index contributed by atoms with van der Waals surface area (Å²) in [4.78, 5) is 18.9. The van der Waals surface area contributed by atoms with Crippen LogP contribution in [0.2, 0.25) is 0 Å². The van der Waals surface area contributed by atoms with E-state index >= 15 is 0 Å². The Balaban J connectivity index is 1.83. The highest BCUT2D eigenvalue weighted by Crippen LogP contribution is 2.34. The number of aromatic nitrogens is 2. The number of nitrogens with zero attached hydrogens (tertiary/aromatic N) is 3. The van der Waals surface area contributed by atoms with Crippen LogP contribution < -0.4 is 4.74 Å². The second-order valence-corrected chi connectivity index (χ2v) is 6.73. The second kappa shape index (κ2) is 6.83. The van der Waals surface area contributed by atoms with Gasteiger partial charge in [0.1, 0.15) is 11.6 Å². The van der Waals surface area contributed by atoms with Gasteiger partial charge in [0, 0.05) is 19.0 Å². The van der Waals surface area contributed by atoms with Crippen LogP contribution in [-0.4, -0.2) is 34.0 Å². The summed E-state index contributed by atoms with van der Waals surface area (Å²) in [5, 5.41) is 0. The summed E-state index contributed by atoms with van der Waals surface area (Å²) in [5.74, 6) is 1.94. The number of hydrogen-bond acceptors (Lipinski definition) is 3. The van der Waals surface area contributed by atoms with Crippen molar-refractivity contribution in [1.82, 2.24) is 14.5 Å². The fourth-order valence-corrected chi connectivity index (χ4v) is 3.93. The molecule has 26 heavy (non-hydrogen) atoms. The molecule has 1 aromatic heterocycles. The first-order valence-corrected chi connectivity index (χ1v) is 9.03. The highest BCUT2D eigenvalue weighted by atomic mass is 16.5. The zero-order chi connectivity index (χ0) is 18.1. The number of para-hydroxylation sites is 3. The average Bonchev–Trinajstić information content (AvgIpc) is 3.27. The molecule has 1 aliphatic rings. The van der Waals surface area contributed by atoms with Crippen molar-refractivity contribution in [1.29, 1.82) is 0 Å². The zero-order valence-corrected chi connectivity index (χ0v) is 15.2. The Morgan fingerprint density at radius 1 is 1.19 bits per heavy atom. The van der Waals surface area contributed by atoms with Gasteiger partial charge in [0.25, 0.3) is 0 Å². The molecular formula is C21H23N3O2. The van der Waals surface area contributed by atoms with Gasteiger partial charge in [-0.3, -0.25) is 4.79 Å². The summed E-state index contributed by atoms with van der Waals surface area (Å²) in [6, 6.07) is 16.2. The Kier molecular flexibility index (Phi) is 4.37. The number of imidazole rings is 1. The number of rotatable bonds is 4. The van der Waals surface area contributed by atoms with Gasteiger partial charge in [-0.2, -0.15) is 0 Å². The molecule has 1 saturated heterocycles. The van der Waals surface area contributed by atoms with Crippen LogP contribution in [0.4, 0.5) is 0 Å². The maximum absolute atomic E-state index is 12.1. The van der Waals surface area contributed by atoms with Gasteiger partial charge in [0.15, 0.2) is 0 Å². The van der Waals surface area contributed by atoms with Gasteiger partial charge in [-0.05, 0) is 31.0 Å². The van der Waals surface area contributed by atoms with Gasteiger partial charge in [0.2, 0.25) is 5.91 Å². The predicted molar refractivity (Wildman–Crippen MR) is 101 cm³/mol. The SMILES string of the molecule is COc1ccccc1Cn1c([C@@H]2CCCN2C(C)=O)nc2ccccc21. The van der Waals surface area contributed by atoms with E-state index in [2.05, 4.69) is 16.7 Å². The third-order valence-electron chi connectivity index (χ3n) is 5.16. The molecule has 5 heteroatoms. The summed E-state index contributed by atoms with van der Waals surface area (Å²) < 4.78 is 7.77. The number of benzene rings is 2. The second-order valence-electron chi connectivity index (χ2n) is 6.73. The van der Waals surface area contributed by atoms with E-state index in [4.69, 9.17) is 9.72 Å². The molecule has 0 radical (unpaired) electrons. The van der Waals surface area contributed by atoms with Crippen LogP contribution in [0.15, 0.2) is 48.5 Å². The molecule has 0 bridgehead atoms. The Morgan fingerprint density at radius 3 is 2.77 bits per heavy atom. The van der Waals surface area contributed by atoms with Crippen molar-refractivity contribution in [3.8, 4) is 5.75 Å². The summed E-state index contributed by atoms with van der Waals surface area (Å²) >= 11 is 0. The Bertz CT molecular complexity index is 947. The minimum absolute atomic E-state index is 0.0367. The van der Waals surface area contributed by atoms with Gasteiger partial charge >= 0.3 is 0 Å². The number of amides is 1. The van der Waals surface area contributed by atoms with E-state index in [1.165, 1.54) is 0 Å². The molecule has 0 N–H and O–H groups in total. The van der Waals surface area contributed by atoms with Gasteiger partial charge in [0.05, 0.1) is 30.7 Å². The fourth-order valence-electron chi connectivity index (χ4n) is 3.93. The quantitative estimate of drug-likeness (QED) is 0.720. The molecule has 0 aliphatic carbocycles. The third-order valence-corrected chi connectivity index (χ3v) is 5.16. The van der Waals surface area contributed by atoms with Crippen LogP contribution in [0.3, 0.4) is 0 Å². The number of hydrogen-bond donors (Lipinski definition) is 0. The fraction of sp³-hybridized carbons (Fsp3) is 0.333. The Labute approximate surface area is 153 Å². The maximum atomic E-state index is 12.1. The van der Waals surface area contributed by atoms with Crippen molar-refractivity contribution in [3.63, 3.8) is 0 Å². The lowest BCUT2D eigenvalue weighted by atomic mass is 10.1. The molecular weight excluding hydrogens is 326 g/mol. The van der Waals surface area contributed by atoms with Crippen molar-refractivity contribution in [2.24, 2.45) is 0 Å². The lowest BCUT2D eigenvalue weighted by molar-refractivity contribution is -0.129. The molecule has 5 nitrogen and oxygen atoms in total. The molecule has 0 saturated carbocycles. The molecule has 3 aromatic rings. The summed E-state index contributed by atoms with van der Waals surface area (Å²) in [6.45, 7) is 3.12. The van der Waals surface area contributed by atoms with E-state index in [0.717, 1.165) is 47.6 Å². The Morgan fingerprint density at radius 2 is 1.96 bits per heavy atom. The zero-order valence-electron chi connectivity index (χ0n) is 15.2. The highest BCUT2D eigenvalue weighted by Gasteiger charge is 2.32. The molecule has 1 amide bonds. The van der Waals surface area contributed by atoms with Crippen molar-refractivity contribution in [2.45, 2.75) is 32.4 Å². The first-order valence-electron chi connectivity index (χ1n) is 9.03.